The quantitative estimate of drug-likeness (QED) is 0.344. The molecule has 3 aliphatic heterocycles. The maximum Gasteiger partial charge on any atom is 0.310 e. The van der Waals surface area contributed by atoms with E-state index >= 15 is 0 Å². The van der Waals surface area contributed by atoms with Crippen molar-refractivity contribution in [1.29, 1.82) is 0 Å². The summed E-state index contributed by atoms with van der Waals surface area (Å²) < 4.78 is 6.39. The zero-order valence-electron chi connectivity index (χ0n) is 21.5. The highest BCUT2D eigenvalue weighted by Gasteiger charge is 2.77. The molecule has 7 atom stereocenters. The van der Waals surface area contributed by atoms with E-state index in [1.165, 1.54) is 4.90 Å². The summed E-state index contributed by atoms with van der Waals surface area (Å²) in [7, 11) is 0. The van der Waals surface area contributed by atoms with E-state index in [9.17, 15) is 24.6 Å². The van der Waals surface area contributed by atoms with Gasteiger partial charge < -0.3 is 24.7 Å². The van der Waals surface area contributed by atoms with Crippen molar-refractivity contribution in [2.45, 2.75) is 55.3 Å². The molecule has 1 spiro atoms. The second-order valence-corrected chi connectivity index (χ2v) is 12.2. The number of carbonyl (C=O) groups is 3. The van der Waals surface area contributed by atoms with Crippen molar-refractivity contribution in [3.8, 4) is 0 Å². The van der Waals surface area contributed by atoms with Gasteiger partial charge in [0.15, 0.2) is 0 Å². The molecule has 2 amide bonds. The van der Waals surface area contributed by atoms with Gasteiger partial charge >= 0.3 is 5.97 Å². The predicted octanol–water partition coefficient (Wildman–Crippen LogP) is 3.60. The summed E-state index contributed by atoms with van der Waals surface area (Å²) in [6.07, 6.45) is 1.70. The van der Waals surface area contributed by atoms with Crippen LogP contribution in [-0.2, 0) is 19.1 Å². The fourth-order valence-electron chi connectivity index (χ4n) is 6.79. The molecule has 2 aromatic carbocycles. The Balaban J connectivity index is 1.64. The summed E-state index contributed by atoms with van der Waals surface area (Å²) in [6.45, 7) is 7.66. The molecule has 2 bridgehead atoms. The van der Waals surface area contributed by atoms with Gasteiger partial charge in [-0.15, -0.1) is 6.58 Å². The average molecular weight is 585 g/mol. The van der Waals surface area contributed by atoms with E-state index in [1.54, 1.807) is 11.0 Å². The number of amides is 2. The molecule has 0 saturated carbocycles. The summed E-state index contributed by atoms with van der Waals surface area (Å²) in [6, 6.07) is 11.8. The van der Waals surface area contributed by atoms with Crippen LogP contribution in [0, 0.1) is 17.8 Å². The minimum atomic E-state index is -1.31. The van der Waals surface area contributed by atoms with Crippen LogP contribution in [0.1, 0.15) is 26.7 Å². The first-order chi connectivity index (χ1) is 18.1. The van der Waals surface area contributed by atoms with E-state index in [2.05, 4.69) is 22.5 Å². The number of carboxylic acids is 1. The Morgan fingerprint density at radius 1 is 1.26 bits per heavy atom. The minimum absolute atomic E-state index is 0.134. The number of aliphatic hydroxyl groups excluding tert-OH is 1. The number of carboxylic acid groups (broad SMARTS) is 1. The van der Waals surface area contributed by atoms with Crippen LogP contribution in [0.4, 0.5) is 5.69 Å². The Morgan fingerprint density at radius 2 is 1.97 bits per heavy atom. The number of halogens is 1. The van der Waals surface area contributed by atoms with Crippen molar-refractivity contribution < 1.29 is 29.3 Å². The average Bonchev–Trinajstić information content (AvgIpc) is 3.48. The summed E-state index contributed by atoms with van der Waals surface area (Å²) in [5, 5.41) is 22.5. The standard InChI is InChI=1S/C29H33BrN2O6/c1-4-11-31(19-10-9-17-7-5-6-8-18(17)13-19)27(35)25-29-14-21(30)24(38-29)22(28(36)37)23(29)26(34)32(25)20(15-33)12-16(2)3/h4-10,13,16,20-25,33H,1,11-12,14-15H2,2-3H3,(H,36,37)/t20-,21?,22-,23+,24-,25-,29+/m1/s1. The first-order valence-corrected chi connectivity index (χ1v) is 13.9. The van der Waals surface area contributed by atoms with Crippen LogP contribution in [0.2, 0.25) is 0 Å². The number of carbonyl (C=O) groups excluding carboxylic acids is 2. The number of fused-ring (bicyclic) bond motifs is 2. The van der Waals surface area contributed by atoms with Gasteiger partial charge in [-0.05, 0) is 41.7 Å². The topological polar surface area (TPSA) is 107 Å². The Morgan fingerprint density at radius 3 is 2.61 bits per heavy atom. The maximum absolute atomic E-state index is 14.6. The molecule has 0 aromatic heterocycles. The molecule has 2 N–H and O–H groups in total. The molecule has 3 heterocycles. The van der Waals surface area contributed by atoms with Crippen LogP contribution < -0.4 is 4.90 Å². The number of hydrogen-bond acceptors (Lipinski definition) is 5. The van der Waals surface area contributed by atoms with Gasteiger partial charge in [0.25, 0.3) is 5.91 Å². The van der Waals surface area contributed by atoms with E-state index in [1.807, 2.05) is 56.3 Å². The van der Waals surface area contributed by atoms with Crippen molar-refractivity contribution >= 4 is 50.2 Å². The molecule has 9 heteroatoms. The Labute approximate surface area is 230 Å². The number of nitrogens with zero attached hydrogens (tertiary/aromatic N) is 2. The van der Waals surface area contributed by atoms with Gasteiger partial charge in [-0.25, -0.2) is 0 Å². The minimum Gasteiger partial charge on any atom is -0.481 e. The number of rotatable bonds is 9. The van der Waals surface area contributed by atoms with E-state index in [-0.39, 0.29) is 29.8 Å². The molecule has 3 aliphatic rings. The number of alkyl halides is 1. The van der Waals surface area contributed by atoms with Gasteiger partial charge in [-0.3, -0.25) is 14.4 Å². The zero-order chi connectivity index (χ0) is 27.4. The van der Waals surface area contributed by atoms with Crippen molar-refractivity contribution in [3.63, 3.8) is 0 Å². The number of anilines is 1. The molecular weight excluding hydrogens is 552 g/mol. The number of ether oxygens (including phenoxy) is 1. The van der Waals surface area contributed by atoms with E-state index in [0.29, 0.717) is 18.5 Å². The summed E-state index contributed by atoms with van der Waals surface area (Å²) in [5.74, 6) is -3.87. The second-order valence-electron chi connectivity index (χ2n) is 11.0. The summed E-state index contributed by atoms with van der Waals surface area (Å²) >= 11 is 3.58. The highest BCUT2D eigenvalue weighted by Crippen LogP contribution is 2.60. The third-order valence-corrected chi connectivity index (χ3v) is 9.06. The highest BCUT2D eigenvalue weighted by molar-refractivity contribution is 9.09. The normalized spacial score (nSPS) is 30.6. The number of aliphatic carboxylic acids is 1. The lowest BCUT2D eigenvalue weighted by Gasteiger charge is -2.39. The molecule has 1 unspecified atom stereocenters. The highest BCUT2D eigenvalue weighted by atomic mass is 79.9. The second kappa shape index (κ2) is 10.1. The lowest BCUT2D eigenvalue weighted by atomic mass is 9.70. The monoisotopic (exact) mass is 584 g/mol. The van der Waals surface area contributed by atoms with Gasteiger partial charge in [0.05, 0.1) is 30.6 Å². The van der Waals surface area contributed by atoms with E-state index in [4.69, 9.17) is 4.74 Å². The summed E-state index contributed by atoms with van der Waals surface area (Å²) in [4.78, 5) is 43.7. The van der Waals surface area contributed by atoms with Crippen molar-refractivity contribution in [3.05, 3.63) is 55.1 Å². The van der Waals surface area contributed by atoms with E-state index < -0.39 is 47.5 Å². The van der Waals surface area contributed by atoms with Crippen LogP contribution in [0.5, 0.6) is 0 Å². The van der Waals surface area contributed by atoms with Gasteiger partial charge in [0.2, 0.25) is 5.91 Å². The third kappa shape index (κ3) is 4.06. The van der Waals surface area contributed by atoms with Crippen LogP contribution in [0.3, 0.4) is 0 Å². The van der Waals surface area contributed by atoms with Gasteiger partial charge in [-0.2, -0.15) is 0 Å². The molecule has 0 aliphatic carbocycles. The molecule has 0 radical (unpaired) electrons. The fourth-order valence-corrected chi connectivity index (χ4v) is 7.73. The van der Waals surface area contributed by atoms with Crippen LogP contribution in [-0.4, -0.2) is 74.7 Å². The lowest BCUT2D eigenvalue weighted by molar-refractivity contribution is -0.151. The molecule has 2 aromatic rings. The Kier molecular flexibility index (Phi) is 7.13. The molecular formula is C29H33BrN2O6. The molecule has 38 heavy (non-hydrogen) atoms. The third-order valence-electron chi connectivity index (χ3n) is 8.22. The molecule has 3 saturated heterocycles. The maximum atomic E-state index is 14.6. The van der Waals surface area contributed by atoms with Crippen molar-refractivity contribution in [1.82, 2.24) is 4.90 Å². The van der Waals surface area contributed by atoms with Crippen LogP contribution in [0.15, 0.2) is 55.1 Å². The molecule has 202 valence electrons. The number of benzene rings is 2. The Hall–Kier alpha value is -2.75. The lowest BCUT2D eigenvalue weighted by Crippen LogP contribution is -2.59. The SMILES string of the molecule is C=CCN(C(=O)[C@H]1N([C@@H](CO)CC(C)C)C(=O)[C@@H]2[C@@H](C(=O)O)[C@@H]3O[C@@]21CC3Br)c1ccc2ccccc2c1. The van der Waals surface area contributed by atoms with Gasteiger partial charge in [0.1, 0.15) is 11.6 Å². The van der Waals surface area contributed by atoms with Crippen LogP contribution >= 0.6 is 15.9 Å². The van der Waals surface area contributed by atoms with Gasteiger partial charge in [-0.1, -0.05) is 66.2 Å². The molecule has 5 rings (SSSR count). The summed E-state index contributed by atoms with van der Waals surface area (Å²) in [5.41, 5.74) is -0.667. The molecule has 8 nitrogen and oxygen atoms in total. The number of hydrogen-bond donors (Lipinski definition) is 2. The first-order valence-electron chi connectivity index (χ1n) is 13.0. The zero-order valence-corrected chi connectivity index (χ0v) is 23.1. The number of likely N-dealkylation sites (tertiary alicyclic amines) is 1. The largest absolute Gasteiger partial charge is 0.481 e. The molecule has 3 fully saturated rings. The van der Waals surface area contributed by atoms with Gasteiger partial charge in [0, 0.05) is 17.1 Å². The predicted molar refractivity (Wildman–Crippen MR) is 147 cm³/mol. The van der Waals surface area contributed by atoms with Crippen LogP contribution in [0.25, 0.3) is 10.8 Å². The smallest absolute Gasteiger partial charge is 0.310 e. The Bertz CT molecular complexity index is 1280. The van der Waals surface area contributed by atoms with E-state index in [0.717, 1.165) is 10.8 Å². The number of aliphatic hydroxyl groups is 1. The fraction of sp³-hybridized carbons (Fsp3) is 0.483. The first kappa shape index (κ1) is 26.8. The van der Waals surface area contributed by atoms with Crippen molar-refractivity contribution in [2.75, 3.05) is 18.1 Å². The van der Waals surface area contributed by atoms with Crippen molar-refractivity contribution in [2.24, 2.45) is 17.8 Å².